The van der Waals surface area contributed by atoms with Gasteiger partial charge in [0.25, 0.3) is 5.91 Å². The first-order chi connectivity index (χ1) is 12.4. The number of thioether (sulfide) groups is 1. The zero-order valence-corrected chi connectivity index (χ0v) is 15.4. The van der Waals surface area contributed by atoms with E-state index in [1.165, 1.54) is 21.2 Å². The van der Waals surface area contributed by atoms with Crippen LogP contribution in [0.5, 0.6) is 0 Å². The highest BCUT2D eigenvalue weighted by Crippen LogP contribution is 2.27. The Hall–Kier alpha value is -3.05. The maximum atomic E-state index is 12.3. The molecule has 0 aliphatic heterocycles. The quantitative estimate of drug-likeness (QED) is 0.562. The molecular weight excluding hydrogens is 350 g/mol. The minimum Gasteiger partial charge on any atom is -0.345 e. The molecule has 2 heterocycles. The SMILES string of the molecule is C#CCSc1nc2c(-c3ccc(C(=O)N(C)C)cc3)c(C)nn2c(=O)[nH]1. The van der Waals surface area contributed by atoms with Crippen LogP contribution >= 0.6 is 11.8 Å². The van der Waals surface area contributed by atoms with E-state index >= 15 is 0 Å². The fourth-order valence-corrected chi connectivity index (χ4v) is 3.11. The van der Waals surface area contributed by atoms with E-state index in [4.69, 9.17) is 6.42 Å². The summed E-state index contributed by atoms with van der Waals surface area (Å²) < 4.78 is 1.24. The van der Waals surface area contributed by atoms with E-state index in [-0.39, 0.29) is 11.6 Å². The number of rotatable bonds is 4. The van der Waals surface area contributed by atoms with E-state index in [0.29, 0.717) is 27.8 Å². The van der Waals surface area contributed by atoms with Gasteiger partial charge in [-0.2, -0.15) is 9.61 Å². The van der Waals surface area contributed by atoms with Crippen LogP contribution in [-0.2, 0) is 0 Å². The van der Waals surface area contributed by atoms with E-state index in [9.17, 15) is 9.59 Å². The van der Waals surface area contributed by atoms with Gasteiger partial charge in [0.15, 0.2) is 10.8 Å². The number of hydrogen-bond acceptors (Lipinski definition) is 5. The molecule has 3 rings (SSSR count). The van der Waals surface area contributed by atoms with Gasteiger partial charge < -0.3 is 4.90 Å². The molecule has 2 aromatic heterocycles. The standard InChI is InChI=1S/C18H17N5O2S/c1-5-10-26-17-19-15-14(11(2)21-23(15)18(25)20-17)12-6-8-13(9-7-12)16(24)22(3)4/h1,6-9H,10H2,2-4H3,(H,19,20,25). The lowest BCUT2D eigenvalue weighted by Crippen LogP contribution is -2.21. The van der Waals surface area contributed by atoms with Gasteiger partial charge in [-0.1, -0.05) is 29.8 Å². The number of fused-ring (bicyclic) bond motifs is 1. The van der Waals surface area contributed by atoms with Gasteiger partial charge >= 0.3 is 5.69 Å². The van der Waals surface area contributed by atoms with Crippen LogP contribution in [0.15, 0.2) is 34.2 Å². The Morgan fingerprint density at radius 3 is 2.65 bits per heavy atom. The summed E-state index contributed by atoms with van der Waals surface area (Å²) in [6.07, 6.45) is 5.27. The number of terminal acetylenes is 1. The lowest BCUT2D eigenvalue weighted by molar-refractivity contribution is 0.0827. The van der Waals surface area contributed by atoms with Crippen molar-refractivity contribution in [2.24, 2.45) is 0 Å². The average molecular weight is 367 g/mol. The molecule has 1 N–H and O–H groups in total. The molecule has 132 valence electrons. The fraction of sp³-hybridized carbons (Fsp3) is 0.222. The van der Waals surface area contributed by atoms with Gasteiger partial charge in [0.2, 0.25) is 0 Å². The van der Waals surface area contributed by atoms with Gasteiger partial charge in [0.05, 0.1) is 11.4 Å². The summed E-state index contributed by atoms with van der Waals surface area (Å²) in [7, 11) is 3.41. The third-order valence-electron chi connectivity index (χ3n) is 3.77. The minimum atomic E-state index is -0.372. The van der Waals surface area contributed by atoms with E-state index in [1.54, 1.807) is 26.2 Å². The van der Waals surface area contributed by atoms with Gasteiger partial charge in [0, 0.05) is 25.2 Å². The number of H-pyrrole nitrogens is 1. The number of aryl methyl sites for hydroxylation is 1. The molecule has 1 amide bonds. The van der Waals surface area contributed by atoms with Crippen LogP contribution in [0.25, 0.3) is 16.8 Å². The van der Waals surface area contributed by atoms with Crippen molar-refractivity contribution in [2.45, 2.75) is 12.1 Å². The smallest absolute Gasteiger partial charge is 0.345 e. The number of nitrogens with one attached hydrogen (secondary N) is 1. The topological polar surface area (TPSA) is 83.4 Å². The van der Waals surface area contributed by atoms with Gasteiger partial charge in [-0.3, -0.25) is 9.78 Å². The minimum absolute atomic E-state index is 0.0734. The van der Waals surface area contributed by atoms with Crippen molar-refractivity contribution in [1.82, 2.24) is 24.5 Å². The Balaban J connectivity index is 2.11. The molecule has 0 spiro atoms. The molecule has 0 unspecified atom stereocenters. The summed E-state index contributed by atoms with van der Waals surface area (Å²) >= 11 is 1.28. The van der Waals surface area contributed by atoms with Crippen LogP contribution < -0.4 is 5.69 Å². The van der Waals surface area contributed by atoms with Crippen molar-refractivity contribution in [2.75, 3.05) is 19.8 Å². The third kappa shape index (κ3) is 3.21. The normalized spacial score (nSPS) is 10.7. The summed E-state index contributed by atoms with van der Waals surface area (Å²) in [5.41, 5.74) is 2.93. The fourth-order valence-electron chi connectivity index (χ4n) is 2.58. The second kappa shape index (κ2) is 7.06. The summed E-state index contributed by atoms with van der Waals surface area (Å²) in [6.45, 7) is 1.82. The maximum absolute atomic E-state index is 12.3. The second-order valence-corrected chi connectivity index (χ2v) is 6.78. The summed E-state index contributed by atoms with van der Waals surface area (Å²) in [6, 6.07) is 7.17. The van der Waals surface area contributed by atoms with Crippen LogP contribution in [0.1, 0.15) is 16.1 Å². The van der Waals surface area contributed by atoms with Crippen LogP contribution in [0.3, 0.4) is 0 Å². The lowest BCUT2D eigenvalue weighted by Gasteiger charge is -2.10. The molecule has 1 aromatic carbocycles. The predicted octanol–water partition coefficient (Wildman–Crippen LogP) is 1.82. The molecule has 0 atom stereocenters. The first-order valence-corrected chi connectivity index (χ1v) is 8.79. The Morgan fingerprint density at radius 2 is 2.04 bits per heavy atom. The third-order valence-corrected chi connectivity index (χ3v) is 4.55. The highest BCUT2D eigenvalue weighted by Gasteiger charge is 2.17. The van der Waals surface area contributed by atoms with Gasteiger partial charge in [0.1, 0.15) is 0 Å². The lowest BCUT2D eigenvalue weighted by atomic mass is 10.0. The molecule has 0 aliphatic carbocycles. The predicted molar refractivity (Wildman–Crippen MR) is 101 cm³/mol. The number of amides is 1. The number of hydrogen-bond donors (Lipinski definition) is 1. The molecule has 26 heavy (non-hydrogen) atoms. The molecule has 0 saturated heterocycles. The van der Waals surface area contributed by atoms with Crippen LogP contribution in [0.2, 0.25) is 0 Å². The van der Waals surface area contributed by atoms with Crippen LogP contribution in [0.4, 0.5) is 0 Å². The van der Waals surface area contributed by atoms with Crippen molar-refractivity contribution < 1.29 is 4.79 Å². The van der Waals surface area contributed by atoms with Crippen molar-refractivity contribution in [3.05, 3.63) is 46.0 Å². The number of carbonyl (C=O) groups excluding carboxylic acids is 1. The van der Waals surface area contributed by atoms with Crippen molar-refractivity contribution in [1.29, 1.82) is 0 Å². The number of nitrogens with zero attached hydrogens (tertiary/aromatic N) is 4. The van der Waals surface area contributed by atoms with Crippen molar-refractivity contribution in [3.63, 3.8) is 0 Å². The first-order valence-electron chi connectivity index (χ1n) is 7.80. The maximum Gasteiger partial charge on any atom is 0.350 e. The summed E-state index contributed by atoms with van der Waals surface area (Å²) in [5, 5.41) is 4.73. The second-order valence-electron chi connectivity index (χ2n) is 5.81. The highest BCUT2D eigenvalue weighted by atomic mass is 32.2. The van der Waals surface area contributed by atoms with Crippen LogP contribution in [-0.4, -0.2) is 50.2 Å². The molecule has 0 fully saturated rings. The molecular formula is C18H17N5O2S. The average Bonchev–Trinajstić information content (AvgIpc) is 2.96. The zero-order chi connectivity index (χ0) is 18.8. The first kappa shape index (κ1) is 17.8. The monoisotopic (exact) mass is 367 g/mol. The summed E-state index contributed by atoms with van der Waals surface area (Å²) in [4.78, 5) is 33.0. The zero-order valence-electron chi connectivity index (χ0n) is 14.6. The van der Waals surface area contributed by atoms with Gasteiger partial charge in [-0.05, 0) is 24.6 Å². The number of aromatic nitrogens is 4. The summed E-state index contributed by atoms with van der Waals surface area (Å²) in [5.74, 6) is 2.84. The molecule has 0 radical (unpaired) electrons. The Labute approximate surface area is 154 Å². The Bertz CT molecular complexity index is 1070. The molecule has 0 bridgehead atoms. The van der Waals surface area contributed by atoms with E-state index in [2.05, 4.69) is 21.0 Å². The molecule has 0 saturated carbocycles. The number of benzene rings is 1. The van der Waals surface area contributed by atoms with Crippen molar-refractivity contribution >= 4 is 23.3 Å². The van der Waals surface area contributed by atoms with Crippen molar-refractivity contribution in [3.8, 4) is 23.5 Å². The van der Waals surface area contributed by atoms with Crippen LogP contribution in [0, 0.1) is 19.3 Å². The largest absolute Gasteiger partial charge is 0.350 e. The highest BCUT2D eigenvalue weighted by molar-refractivity contribution is 7.99. The van der Waals surface area contributed by atoms with Gasteiger partial charge in [-0.25, -0.2) is 9.78 Å². The molecule has 8 heteroatoms. The Kier molecular flexibility index (Phi) is 4.82. The van der Waals surface area contributed by atoms with E-state index in [1.807, 2.05) is 19.1 Å². The molecule has 0 aliphatic rings. The van der Waals surface area contributed by atoms with E-state index < -0.39 is 0 Å². The number of aromatic amines is 1. The molecule has 7 nitrogen and oxygen atoms in total. The number of carbonyl (C=O) groups is 1. The van der Waals surface area contributed by atoms with E-state index in [0.717, 1.165) is 11.1 Å². The molecule has 3 aromatic rings. The van der Waals surface area contributed by atoms with Gasteiger partial charge in [-0.15, -0.1) is 6.42 Å². The Morgan fingerprint density at radius 1 is 1.35 bits per heavy atom.